The fourth-order valence-corrected chi connectivity index (χ4v) is 4.71. The molecule has 2 rings (SSSR count). The van der Waals surface area contributed by atoms with E-state index in [1.54, 1.807) is 13.0 Å². The van der Waals surface area contributed by atoms with E-state index in [-0.39, 0.29) is 19.0 Å². The first-order chi connectivity index (χ1) is 11.3. The van der Waals surface area contributed by atoms with Gasteiger partial charge in [0.05, 0.1) is 11.4 Å². The van der Waals surface area contributed by atoms with Gasteiger partial charge in [-0.3, -0.25) is 4.99 Å². The number of hydrogen-bond donors (Lipinski definition) is 3. The molecule has 0 unspecified atom stereocenters. The molecule has 0 aliphatic rings. The third-order valence-corrected chi connectivity index (χ3v) is 5.98. The number of guanidine groups is 1. The van der Waals surface area contributed by atoms with E-state index in [2.05, 4.69) is 15.0 Å². The van der Waals surface area contributed by atoms with Crippen molar-refractivity contribution in [3.63, 3.8) is 0 Å². The first-order valence-corrected chi connectivity index (χ1v) is 9.78. The number of aryl methyl sites for hydroxylation is 3. The van der Waals surface area contributed by atoms with Gasteiger partial charge in [-0.05, 0) is 39.0 Å². The molecule has 130 valence electrons. The smallest absolute Gasteiger partial charge is 0.241 e. The Morgan fingerprint density at radius 3 is 2.46 bits per heavy atom. The van der Waals surface area contributed by atoms with E-state index < -0.39 is 10.0 Å². The van der Waals surface area contributed by atoms with E-state index >= 15 is 0 Å². The van der Waals surface area contributed by atoms with Crippen LogP contribution in [0.3, 0.4) is 0 Å². The zero-order valence-corrected chi connectivity index (χ0v) is 15.6. The molecule has 0 aliphatic carbocycles. The molecule has 0 saturated heterocycles. The highest BCUT2D eigenvalue weighted by Crippen LogP contribution is 2.24. The third-order valence-electron chi connectivity index (χ3n) is 3.29. The van der Waals surface area contributed by atoms with Crippen molar-refractivity contribution >= 4 is 33.0 Å². The Hall–Kier alpha value is -1.90. The number of hydrogen-bond acceptors (Lipinski definition) is 4. The van der Waals surface area contributed by atoms with Gasteiger partial charge in [0.1, 0.15) is 0 Å². The van der Waals surface area contributed by atoms with Crippen LogP contribution in [-0.4, -0.2) is 27.5 Å². The lowest BCUT2D eigenvalue weighted by Crippen LogP contribution is -2.28. The summed E-state index contributed by atoms with van der Waals surface area (Å²) < 4.78 is 27.0. The van der Waals surface area contributed by atoms with Gasteiger partial charge < -0.3 is 11.1 Å². The minimum atomic E-state index is -3.50. The Labute approximate surface area is 146 Å². The molecule has 0 aliphatic heterocycles. The molecule has 0 atom stereocenters. The predicted molar refractivity (Wildman–Crippen MR) is 100 cm³/mol. The van der Waals surface area contributed by atoms with E-state index in [0.29, 0.717) is 4.90 Å². The van der Waals surface area contributed by atoms with Gasteiger partial charge in [0.25, 0.3) is 0 Å². The molecule has 6 nitrogen and oxygen atoms in total. The van der Waals surface area contributed by atoms with Gasteiger partial charge in [-0.15, -0.1) is 11.3 Å². The third kappa shape index (κ3) is 5.05. The first-order valence-electron chi connectivity index (χ1n) is 7.48. The summed E-state index contributed by atoms with van der Waals surface area (Å²) in [6.45, 7) is 6.13. The molecule has 24 heavy (non-hydrogen) atoms. The minimum Gasteiger partial charge on any atom is -0.370 e. The SMILES string of the molecule is Cc1ccc(NC(N)=NCCNS(=O)(=O)c2cc(C)sc2C)cc1. The zero-order chi connectivity index (χ0) is 17.7. The second-order valence-corrected chi connectivity index (χ2v) is 8.63. The summed E-state index contributed by atoms with van der Waals surface area (Å²) in [5.74, 6) is 0.251. The van der Waals surface area contributed by atoms with Gasteiger partial charge >= 0.3 is 0 Å². The largest absolute Gasteiger partial charge is 0.370 e. The molecule has 4 N–H and O–H groups in total. The number of sulfonamides is 1. The molecule has 0 fully saturated rings. The fraction of sp³-hybridized carbons (Fsp3) is 0.312. The Kier molecular flexibility index (Phi) is 5.98. The van der Waals surface area contributed by atoms with Crippen LogP contribution in [0.25, 0.3) is 0 Å². The lowest BCUT2D eigenvalue weighted by atomic mass is 10.2. The summed E-state index contributed by atoms with van der Waals surface area (Å²) in [4.78, 5) is 6.21. The second kappa shape index (κ2) is 7.78. The molecule has 0 saturated carbocycles. The van der Waals surface area contributed by atoms with Gasteiger partial charge in [-0.2, -0.15) is 0 Å². The monoisotopic (exact) mass is 366 g/mol. The van der Waals surface area contributed by atoms with Crippen molar-refractivity contribution in [3.05, 3.63) is 45.6 Å². The van der Waals surface area contributed by atoms with Crippen LogP contribution in [-0.2, 0) is 10.0 Å². The summed E-state index contributed by atoms with van der Waals surface area (Å²) >= 11 is 1.47. The van der Waals surface area contributed by atoms with Crippen LogP contribution >= 0.6 is 11.3 Å². The summed E-state index contributed by atoms with van der Waals surface area (Å²) in [6, 6.07) is 9.42. The summed E-state index contributed by atoms with van der Waals surface area (Å²) in [6.07, 6.45) is 0. The number of nitrogens with one attached hydrogen (secondary N) is 2. The van der Waals surface area contributed by atoms with E-state index in [1.807, 2.05) is 38.1 Å². The fourth-order valence-electron chi connectivity index (χ4n) is 2.13. The molecule has 8 heteroatoms. The van der Waals surface area contributed by atoms with Crippen LogP contribution in [0.1, 0.15) is 15.3 Å². The Morgan fingerprint density at radius 1 is 1.21 bits per heavy atom. The maximum Gasteiger partial charge on any atom is 0.241 e. The normalized spacial score (nSPS) is 12.4. The molecule has 0 spiro atoms. The number of rotatable bonds is 6. The number of anilines is 1. The van der Waals surface area contributed by atoms with Crippen molar-refractivity contribution in [2.75, 3.05) is 18.4 Å². The molecule has 0 bridgehead atoms. The minimum absolute atomic E-state index is 0.187. The summed E-state index contributed by atoms with van der Waals surface area (Å²) in [7, 11) is -3.50. The molecule has 1 aromatic heterocycles. The van der Waals surface area contributed by atoms with Crippen LogP contribution in [0.5, 0.6) is 0 Å². The number of nitrogens with zero attached hydrogens (tertiary/aromatic N) is 1. The van der Waals surface area contributed by atoms with Crippen molar-refractivity contribution in [3.8, 4) is 0 Å². The molecule has 0 radical (unpaired) electrons. The lowest BCUT2D eigenvalue weighted by Gasteiger charge is -2.07. The van der Waals surface area contributed by atoms with Crippen LogP contribution in [0.2, 0.25) is 0 Å². The second-order valence-electron chi connectivity index (χ2n) is 5.43. The maximum atomic E-state index is 12.2. The van der Waals surface area contributed by atoms with Crippen LogP contribution in [0.15, 0.2) is 40.2 Å². The van der Waals surface area contributed by atoms with E-state index in [1.165, 1.54) is 11.3 Å². The lowest BCUT2D eigenvalue weighted by molar-refractivity contribution is 0.582. The van der Waals surface area contributed by atoms with Crippen molar-refractivity contribution in [2.45, 2.75) is 25.7 Å². The number of benzene rings is 1. The number of thiophene rings is 1. The summed E-state index contributed by atoms with van der Waals surface area (Å²) in [5, 5.41) is 2.96. The van der Waals surface area contributed by atoms with Crippen molar-refractivity contribution < 1.29 is 8.42 Å². The predicted octanol–water partition coefficient (Wildman–Crippen LogP) is 2.38. The quantitative estimate of drug-likeness (QED) is 0.415. The first kappa shape index (κ1) is 18.4. The van der Waals surface area contributed by atoms with E-state index in [9.17, 15) is 8.42 Å². The average Bonchev–Trinajstić information content (AvgIpc) is 2.86. The number of nitrogens with two attached hydrogens (primary N) is 1. The molecular weight excluding hydrogens is 344 g/mol. The van der Waals surface area contributed by atoms with Crippen molar-refractivity contribution in [1.29, 1.82) is 0 Å². The van der Waals surface area contributed by atoms with E-state index in [0.717, 1.165) is 21.0 Å². The van der Waals surface area contributed by atoms with Crippen LogP contribution < -0.4 is 15.8 Å². The molecule has 2 aromatic rings. The maximum absolute atomic E-state index is 12.2. The molecule has 0 amide bonds. The topological polar surface area (TPSA) is 96.6 Å². The van der Waals surface area contributed by atoms with Gasteiger partial charge in [-0.1, -0.05) is 17.7 Å². The van der Waals surface area contributed by atoms with Gasteiger partial charge in [0.2, 0.25) is 10.0 Å². The zero-order valence-electron chi connectivity index (χ0n) is 14.0. The van der Waals surface area contributed by atoms with Gasteiger partial charge in [0, 0.05) is 22.0 Å². The highest BCUT2D eigenvalue weighted by atomic mass is 32.2. The van der Waals surface area contributed by atoms with Crippen molar-refractivity contribution in [1.82, 2.24) is 4.72 Å². The van der Waals surface area contributed by atoms with Crippen molar-refractivity contribution in [2.24, 2.45) is 10.7 Å². The van der Waals surface area contributed by atoms with Crippen LogP contribution in [0.4, 0.5) is 5.69 Å². The molecule has 1 aromatic carbocycles. The highest BCUT2D eigenvalue weighted by molar-refractivity contribution is 7.89. The highest BCUT2D eigenvalue weighted by Gasteiger charge is 2.18. The average molecular weight is 367 g/mol. The Balaban J connectivity index is 1.87. The molecule has 1 heterocycles. The summed E-state index contributed by atoms with van der Waals surface area (Å²) in [5.41, 5.74) is 7.79. The van der Waals surface area contributed by atoms with Crippen LogP contribution in [0, 0.1) is 20.8 Å². The Morgan fingerprint density at radius 2 is 1.88 bits per heavy atom. The van der Waals surface area contributed by atoms with E-state index in [4.69, 9.17) is 5.73 Å². The number of aliphatic imine (C=N–C) groups is 1. The molecular formula is C16H22N4O2S2. The van der Waals surface area contributed by atoms with Gasteiger partial charge in [0.15, 0.2) is 5.96 Å². The standard InChI is InChI=1S/C16H22N4O2S2/c1-11-4-6-14(7-5-11)20-16(17)18-8-9-19-24(21,22)15-10-12(2)23-13(15)3/h4-7,10,19H,8-9H2,1-3H3,(H3,17,18,20). The van der Waals surface area contributed by atoms with Gasteiger partial charge in [-0.25, -0.2) is 13.1 Å². The Bertz CT molecular complexity index is 824.